The van der Waals surface area contributed by atoms with Crippen molar-refractivity contribution in [3.8, 4) is 0 Å². The molecule has 17 heavy (non-hydrogen) atoms. The first-order chi connectivity index (χ1) is 7.72. The van der Waals surface area contributed by atoms with Crippen LogP contribution in [-0.4, -0.2) is 27.5 Å². The van der Waals surface area contributed by atoms with E-state index >= 15 is 0 Å². The summed E-state index contributed by atoms with van der Waals surface area (Å²) in [6.45, 7) is 7.45. The van der Waals surface area contributed by atoms with E-state index in [1.807, 2.05) is 20.8 Å². The molecular formula is C10H19N5O2. The van der Waals surface area contributed by atoms with Gasteiger partial charge in [-0.05, 0) is 27.2 Å². The SMILES string of the molecule is CCC(C)(C)n1nc(C)n(N(C)C(N)=O)c1=O. The highest BCUT2D eigenvalue weighted by Crippen LogP contribution is 2.15. The molecule has 96 valence electrons. The maximum atomic E-state index is 12.2. The monoisotopic (exact) mass is 241 g/mol. The van der Waals surface area contributed by atoms with Gasteiger partial charge in [-0.3, -0.25) is 0 Å². The molecule has 2 amide bonds. The van der Waals surface area contributed by atoms with Gasteiger partial charge in [0.25, 0.3) is 0 Å². The summed E-state index contributed by atoms with van der Waals surface area (Å²) in [5, 5.41) is 5.22. The molecule has 0 aliphatic rings. The molecule has 7 heteroatoms. The summed E-state index contributed by atoms with van der Waals surface area (Å²) in [7, 11) is 1.43. The van der Waals surface area contributed by atoms with Crippen LogP contribution in [0.2, 0.25) is 0 Å². The van der Waals surface area contributed by atoms with E-state index in [1.54, 1.807) is 6.92 Å². The van der Waals surface area contributed by atoms with Crippen molar-refractivity contribution in [2.24, 2.45) is 5.73 Å². The second-order valence-corrected chi connectivity index (χ2v) is 4.58. The van der Waals surface area contributed by atoms with E-state index in [1.165, 1.54) is 16.4 Å². The number of hydrogen-bond acceptors (Lipinski definition) is 3. The zero-order valence-electron chi connectivity index (χ0n) is 10.9. The van der Waals surface area contributed by atoms with Gasteiger partial charge >= 0.3 is 11.7 Å². The molecule has 0 fully saturated rings. The minimum Gasteiger partial charge on any atom is -0.350 e. The molecule has 0 spiro atoms. The van der Waals surface area contributed by atoms with Gasteiger partial charge in [-0.15, -0.1) is 0 Å². The number of aromatic nitrogens is 3. The number of rotatable bonds is 3. The third-order valence-electron chi connectivity index (χ3n) is 2.97. The van der Waals surface area contributed by atoms with E-state index in [4.69, 9.17) is 5.73 Å². The van der Waals surface area contributed by atoms with Gasteiger partial charge in [0.15, 0.2) is 5.82 Å². The van der Waals surface area contributed by atoms with Crippen LogP contribution in [0.3, 0.4) is 0 Å². The first kappa shape index (κ1) is 13.3. The normalized spacial score (nSPS) is 11.6. The van der Waals surface area contributed by atoms with Crippen LogP contribution in [0.15, 0.2) is 4.79 Å². The Labute approximate surface area is 99.8 Å². The van der Waals surface area contributed by atoms with Crippen LogP contribution in [0, 0.1) is 6.92 Å². The zero-order chi connectivity index (χ0) is 13.4. The molecule has 0 unspecified atom stereocenters. The summed E-state index contributed by atoms with van der Waals surface area (Å²) < 4.78 is 2.54. The topological polar surface area (TPSA) is 86.2 Å². The van der Waals surface area contributed by atoms with Crippen molar-refractivity contribution in [1.82, 2.24) is 14.5 Å². The number of hydrogen-bond donors (Lipinski definition) is 1. The molecule has 0 radical (unpaired) electrons. The molecule has 1 aromatic heterocycles. The van der Waals surface area contributed by atoms with Crippen molar-refractivity contribution >= 4 is 6.03 Å². The van der Waals surface area contributed by atoms with Crippen LogP contribution < -0.4 is 16.4 Å². The first-order valence-corrected chi connectivity index (χ1v) is 5.45. The van der Waals surface area contributed by atoms with Crippen molar-refractivity contribution in [2.45, 2.75) is 39.7 Å². The van der Waals surface area contributed by atoms with E-state index in [0.717, 1.165) is 11.4 Å². The molecule has 0 saturated heterocycles. The van der Waals surface area contributed by atoms with Crippen molar-refractivity contribution in [3.63, 3.8) is 0 Å². The third kappa shape index (κ3) is 2.17. The van der Waals surface area contributed by atoms with E-state index in [0.29, 0.717) is 5.82 Å². The number of nitrogens with two attached hydrogens (primary N) is 1. The maximum absolute atomic E-state index is 12.2. The largest absolute Gasteiger partial charge is 0.365 e. The standard InChI is InChI=1S/C10H19N5O2/c1-6-10(3,4)15-9(17)14(7(2)12-15)13(5)8(11)16/h6H2,1-5H3,(H2,11,16). The van der Waals surface area contributed by atoms with E-state index in [2.05, 4.69) is 5.10 Å². The van der Waals surface area contributed by atoms with Gasteiger partial charge in [0.05, 0.1) is 5.54 Å². The summed E-state index contributed by atoms with van der Waals surface area (Å²) in [4.78, 5) is 23.2. The zero-order valence-corrected chi connectivity index (χ0v) is 10.9. The molecule has 1 rings (SSSR count). The summed E-state index contributed by atoms with van der Waals surface area (Å²) in [6, 6.07) is -0.705. The van der Waals surface area contributed by atoms with Crippen molar-refractivity contribution in [3.05, 3.63) is 16.3 Å². The summed E-state index contributed by atoms with van der Waals surface area (Å²) in [6.07, 6.45) is 0.754. The van der Waals surface area contributed by atoms with Crippen molar-refractivity contribution < 1.29 is 4.79 Å². The first-order valence-electron chi connectivity index (χ1n) is 5.45. The van der Waals surface area contributed by atoms with Gasteiger partial charge in [0, 0.05) is 7.05 Å². The lowest BCUT2D eigenvalue weighted by Crippen LogP contribution is -2.48. The second kappa shape index (κ2) is 4.23. The van der Waals surface area contributed by atoms with Crippen molar-refractivity contribution in [1.29, 1.82) is 0 Å². The van der Waals surface area contributed by atoms with Gasteiger partial charge < -0.3 is 5.73 Å². The highest BCUT2D eigenvalue weighted by molar-refractivity contribution is 5.81. The summed E-state index contributed by atoms with van der Waals surface area (Å²) in [5.41, 5.74) is 4.38. The third-order valence-corrected chi connectivity index (χ3v) is 2.97. The Morgan fingerprint density at radius 3 is 2.47 bits per heavy atom. The average molecular weight is 241 g/mol. The van der Waals surface area contributed by atoms with E-state index in [-0.39, 0.29) is 5.69 Å². The quantitative estimate of drug-likeness (QED) is 0.817. The van der Waals surface area contributed by atoms with Crippen LogP contribution in [0.1, 0.15) is 33.0 Å². The van der Waals surface area contributed by atoms with Gasteiger partial charge in [0.1, 0.15) is 0 Å². The van der Waals surface area contributed by atoms with Crippen LogP contribution in [-0.2, 0) is 5.54 Å². The predicted molar refractivity (Wildman–Crippen MR) is 64.6 cm³/mol. The van der Waals surface area contributed by atoms with Crippen LogP contribution in [0.4, 0.5) is 4.79 Å². The highest BCUT2D eigenvalue weighted by atomic mass is 16.2. The molecule has 0 saturated carbocycles. The van der Waals surface area contributed by atoms with Crippen LogP contribution >= 0.6 is 0 Å². The number of aryl methyl sites for hydroxylation is 1. The van der Waals surface area contributed by atoms with Gasteiger partial charge in [0.2, 0.25) is 0 Å². The lowest BCUT2D eigenvalue weighted by atomic mass is 10.0. The number of nitrogens with zero attached hydrogens (tertiary/aromatic N) is 4. The summed E-state index contributed by atoms with van der Waals surface area (Å²) >= 11 is 0. The number of carbonyl (C=O) groups excluding carboxylic acids is 1. The molecule has 1 aromatic rings. The van der Waals surface area contributed by atoms with Gasteiger partial charge in [-0.25, -0.2) is 19.3 Å². The lowest BCUT2D eigenvalue weighted by molar-refractivity contribution is 0.249. The fourth-order valence-corrected chi connectivity index (χ4v) is 1.45. The number of urea groups is 1. The summed E-state index contributed by atoms with van der Waals surface area (Å²) in [5.74, 6) is 0.429. The Balaban J connectivity index is 3.39. The number of primary amides is 1. The molecule has 0 aliphatic heterocycles. The molecule has 7 nitrogen and oxygen atoms in total. The molecule has 0 aliphatic carbocycles. The Hall–Kier alpha value is -1.79. The molecule has 1 heterocycles. The predicted octanol–water partition coefficient (Wildman–Crippen LogP) is 0.145. The Bertz CT molecular complexity index is 485. The lowest BCUT2D eigenvalue weighted by Gasteiger charge is -2.21. The molecule has 0 atom stereocenters. The average Bonchev–Trinajstić information content (AvgIpc) is 2.54. The van der Waals surface area contributed by atoms with Gasteiger partial charge in [-0.2, -0.15) is 9.77 Å². The fourth-order valence-electron chi connectivity index (χ4n) is 1.45. The molecule has 2 N–H and O–H groups in total. The fraction of sp³-hybridized carbons (Fsp3) is 0.700. The second-order valence-electron chi connectivity index (χ2n) is 4.58. The number of carbonyl (C=O) groups is 1. The minimum atomic E-state index is -0.705. The van der Waals surface area contributed by atoms with Gasteiger partial charge in [-0.1, -0.05) is 6.92 Å². The number of amides is 2. The molecule has 0 aromatic carbocycles. The van der Waals surface area contributed by atoms with Crippen LogP contribution in [0.25, 0.3) is 0 Å². The van der Waals surface area contributed by atoms with E-state index < -0.39 is 11.6 Å². The smallest absolute Gasteiger partial charge is 0.350 e. The minimum absolute atomic E-state index is 0.365. The Kier molecular flexibility index (Phi) is 3.30. The van der Waals surface area contributed by atoms with Crippen LogP contribution in [0.5, 0.6) is 0 Å². The van der Waals surface area contributed by atoms with Crippen molar-refractivity contribution in [2.75, 3.05) is 12.1 Å². The Morgan fingerprint density at radius 2 is 2.06 bits per heavy atom. The highest BCUT2D eigenvalue weighted by Gasteiger charge is 2.26. The molecule has 0 bridgehead atoms. The van der Waals surface area contributed by atoms with E-state index in [9.17, 15) is 9.59 Å². The molecular weight excluding hydrogens is 222 g/mol. The maximum Gasteiger partial charge on any atom is 0.365 e. The Morgan fingerprint density at radius 1 is 1.53 bits per heavy atom.